The van der Waals surface area contributed by atoms with Crippen molar-refractivity contribution < 1.29 is 14.8 Å². The number of benzene rings is 1. The summed E-state index contributed by atoms with van der Waals surface area (Å²) in [5, 5.41) is 22.8. The summed E-state index contributed by atoms with van der Waals surface area (Å²) in [5.41, 5.74) is 0.209. The van der Waals surface area contributed by atoms with Gasteiger partial charge < -0.3 is 10.4 Å². The third kappa shape index (κ3) is 3.94. The number of non-ortho nitro benzene ring substituents is 1. The molecule has 0 aliphatic heterocycles. The number of aromatic carboxylic acids is 1. The van der Waals surface area contributed by atoms with E-state index in [-0.39, 0.29) is 16.9 Å². The van der Waals surface area contributed by atoms with Crippen LogP contribution >= 0.6 is 0 Å². The first kappa shape index (κ1) is 14.9. The zero-order valence-electron chi connectivity index (χ0n) is 11.2. The lowest BCUT2D eigenvalue weighted by atomic mass is 9.98. The second-order valence-electron chi connectivity index (χ2n) is 4.89. The first-order valence-corrected chi connectivity index (χ1v) is 6.08. The van der Waals surface area contributed by atoms with Crippen LogP contribution in [-0.2, 0) is 0 Å². The lowest BCUT2D eigenvalue weighted by molar-refractivity contribution is -0.384. The van der Waals surface area contributed by atoms with Gasteiger partial charge in [-0.2, -0.15) is 0 Å². The molecule has 0 bridgehead atoms. The highest BCUT2D eigenvalue weighted by atomic mass is 16.6. The smallest absolute Gasteiger partial charge is 0.337 e. The molecule has 0 spiro atoms. The number of nitro groups is 1. The molecular formula is C13H18N2O4. The molecule has 1 unspecified atom stereocenters. The van der Waals surface area contributed by atoms with Gasteiger partial charge in [0.05, 0.1) is 16.2 Å². The van der Waals surface area contributed by atoms with Crippen LogP contribution in [0.3, 0.4) is 0 Å². The van der Waals surface area contributed by atoms with Crippen LogP contribution < -0.4 is 5.32 Å². The Labute approximate surface area is 111 Å². The Morgan fingerprint density at radius 3 is 2.53 bits per heavy atom. The van der Waals surface area contributed by atoms with E-state index in [0.29, 0.717) is 18.4 Å². The molecule has 104 valence electrons. The minimum Gasteiger partial charge on any atom is -0.478 e. The molecule has 0 saturated heterocycles. The zero-order valence-corrected chi connectivity index (χ0v) is 11.2. The van der Waals surface area contributed by atoms with Crippen LogP contribution in [0.1, 0.15) is 31.1 Å². The summed E-state index contributed by atoms with van der Waals surface area (Å²) in [6.07, 6.45) is 0. The lowest BCUT2D eigenvalue weighted by Gasteiger charge is -2.17. The van der Waals surface area contributed by atoms with Crippen LogP contribution in [0.2, 0.25) is 0 Å². The van der Waals surface area contributed by atoms with Gasteiger partial charge in [0.25, 0.3) is 5.69 Å². The standard InChI is InChI=1S/C13H18N2O4/c1-8(2)9(3)7-14-12-6-10(15(18)19)4-5-11(12)13(16)17/h4-6,8-9,14H,7H2,1-3H3,(H,16,17). The molecule has 19 heavy (non-hydrogen) atoms. The molecule has 0 saturated carbocycles. The molecule has 0 fully saturated rings. The van der Waals surface area contributed by atoms with Gasteiger partial charge in [0.15, 0.2) is 0 Å². The van der Waals surface area contributed by atoms with E-state index in [2.05, 4.69) is 19.2 Å². The topological polar surface area (TPSA) is 92.5 Å². The summed E-state index contributed by atoms with van der Waals surface area (Å²) < 4.78 is 0. The Kier molecular flexibility index (Phi) is 4.86. The Bertz CT molecular complexity index is 486. The molecule has 1 atom stereocenters. The first-order valence-electron chi connectivity index (χ1n) is 6.08. The first-order chi connectivity index (χ1) is 8.82. The SMILES string of the molecule is CC(C)C(C)CNc1cc([N+](=O)[O-])ccc1C(=O)O. The number of nitrogens with zero attached hydrogens (tertiary/aromatic N) is 1. The summed E-state index contributed by atoms with van der Waals surface area (Å²) in [5.74, 6) is -0.324. The van der Waals surface area contributed by atoms with Crippen molar-refractivity contribution in [2.75, 3.05) is 11.9 Å². The summed E-state index contributed by atoms with van der Waals surface area (Å²) in [4.78, 5) is 21.2. The van der Waals surface area contributed by atoms with Gasteiger partial charge in [-0.15, -0.1) is 0 Å². The molecule has 6 nitrogen and oxygen atoms in total. The fourth-order valence-electron chi connectivity index (χ4n) is 1.49. The Hall–Kier alpha value is -2.11. The molecule has 0 aliphatic carbocycles. The van der Waals surface area contributed by atoms with Crippen LogP contribution in [-0.4, -0.2) is 22.5 Å². The highest BCUT2D eigenvalue weighted by Crippen LogP contribution is 2.23. The quantitative estimate of drug-likeness (QED) is 0.610. The Morgan fingerprint density at radius 1 is 1.42 bits per heavy atom. The van der Waals surface area contributed by atoms with Gasteiger partial charge in [-0.05, 0) is 17.9 Å². The summed E-state index contributed by atoms with van der Waals surface area (Å²) in [6.45, 7) is 6.74. The van der Waals surface area contributed by atoms with Crippen molar-refractivity contribution in [1.82, 2.24) is 0 Å². The van der Waals surface area contributed by atoms with E-state index in [9.17, 15) is 14.9 Å². The van der Waals surface area contributed by atoms with Crippen molar-refractivity contribution in [2.45, 2.75) is 20.8 Å². The Balaban J connectivity index is 2.98. The van der Waals surface area contributed by atoms with E-state index in [0.717, 1.165) is 0 Å². The molecule has 0 radical (unpaired) electrons. The van der Waals surface area contributed by atoms with Gasteiger partial charge in [-0.3, -0.25) is 10.1 Å². The Morgan fingerprint density at radius 2 is 2.05 bits per heavy atom. The molecule has 6 heteroatoms. The molecule has 1 rings (SSSR count). The number of rotatable bonds is 6. The van der Waals surface area contributed by atoms with Gasteiger partial charge >= 0.3 is 5.97 Å². The van der Waals surface area contributed by atoms with E-state index < -0.39 is 10.9 Å². The van der Waals surface area contributed by atoms with Crippen LogP contribution in [0.25, 0.3) is 0 Å². The molecule has 0 amide bonds. The zero-order chi connectivity index (χ0) is 14.6. The van der Waals surface area contributed by atoms with Gasteiger partial charge in [-0.25, -0.2) is 4.79 Å². The highest BCUT2D eigenvalue weighted by molar-refractivity contribution is 5.94. The largest absolute Gasteiger partial charge is 0.478 e. The second kappa shape index (κ2) is 6.17. The van der Waals surface area contributed by atoms with Crippen molar-refractivity contribution in [3.63, 3.8) is 0 Å². The van der Waals surface area contributed by atoms with Gasteiger partial charge in [0.1, 0.15) is 0 Å². The van der Waals surface area contributed by atoms with Crippen LogP contribution in [0.15, 0.2) is 18.2 Å². The predicted molar refractivity (Wildman–Crippen MR) is 72.5 cm³/mol. The molecule has 0 aliphatic rings. The fourth-order valence-corrected chi connectivity index (χ4v) is 1.49. The van der Waals surface area contributed by atoms with E-state index in [1.165, 1.54) is 18.2 Å². The number of hydrogen-bond donors (Lipinski definition) is 2. The number of hydrogen-bond acceptors (Lipinski definition) is 4. The van der Waals surface area contributed by atoms with E-state index in [1.54, 1.807) is 0 Å². The minimum atomic E-state index is -1.10. The van der Waals surface area contributed by atoms with Crippen LogP contribution in [0, 0.1) is 22.0 Å². The van der Waals surface area contributed by atoms with Crippen molar-refractivity contribution in [3.8, 4) is 0 Å². The monoisotopic (exact) mass is 266 g/mol. The molecule has 0 heterocycles. The summed E-state index contributed by atoms with van der Waals surface area (Å²) >= 11 is 0. The number of anilines is 1. The third-order valence-electron chi connectivity index (χ3n) is 3.20. The van der Waals surface area contributed by atoms with E-state index >= 15 is 0 Å². The average Bonchev–Trinajstić information content (AvgIpc) is 2.34. The number of carboxylic acids is 1. The van der Waals surface area contributed by atoms with Gasteiger partial charge in [-0.1, -0.05) is 20.8 Å². The number of nitro benzene ring substituents is 1. The van der Waals surface area contributed by atoms with Crippen LogP contribution in [0.5, 0.6) is 0 Å². The average molecular weight is 266 g/mol. The highest BCUT2D eigenvalue weighted by Gasteiger charge is 2.16. The molecule has 2 N–H and O–H groups in total. The van der Waals surface area contributed by atoms with E-state index in [4.69, 9.17) is 5.11 Å². The molecule has 1 aromatic carbocycles. The summed E-state index contributed by atoms with van der Waals surface area (Å²) in [7, 11) is 0. The normalized spacial score (nSPS) is 12.2. The van der Waals surface area contributed by atoms with Crippen LogP contribution in [0.4, 0.5) is 11.4 Å². The van der Waals surface area contributed by atoms with Crippen molar-refractivity contribution in [2.24, 2.45) is 11.8 Å². The molecular weight excluding hydrogens is 248 g/mol. The van der Waals surface area contributed by atoms with Crippen molar-refractivity contribution in [1.29, 1.82) is 0 Å². The maximum Gasteiger partial charge on any atom is 0.337 e. The maximum atomic E-state index is 11.1. The number of carboxylic acid groups (broad SMARTS) is 1. The minimum absolute atomic E-state index is 0.0431. The number of carbonyl (C=O) groups is 1. The lowest BCUT2D eigenvalue weighted by Crippen LogP contribution is -2.17. The van der Waals surface area contributed by atoms with Crippen molar-refractivity contribution >= 4 is 17.3 Å². The fraction of sp³-hybridized carbons (Fsp3) is 0.462. The van der Waals surface area contributed by atoms with Crippen molar-refractivity contribution in [3.05, 3.63) is 33.9 Å². The summed E-state index contributed by atoms with van der Waals surface area (Å²) in [6, 6.07) is 3.71. The van der Waals surface area contributed by atoms with E-state index in [1.807, 2.05) is 6.92 Å². The van der Waals surface area contributed by atoms with Gasteiger partial charge in [0, 0.05) is 18.7 Å². The third-order valence-corrected chi connectivity index (χ3v) is 3.20. The molecule has 0 aromatic heterocycles. The predicted octanol–water partition coefficient (Wildman–Crippen LogP) is 3.00. The second-order valence-corrected chi connectivity index (χ2v) is 4.89. The van der Waals surface area contributed by atoms with Gasteiger partial charge in [0.2, 0.25) is 0 Å². The maximum absolute atomic E-state index is 11.1. The number of nitrogens with one attached hydrogen (secondary N) is 1. The molecule has 1 aromatic rings.